The predicted molar refractivity (Wildman–Crippen MR) is 89.9 cm³/mol. The van der Waals surface area contributed by atoms with Gasteiger partial charge in [0.25, 0.3) is 0 Å². The highest BCUT2D eigenvalue weighted by molar-refractivity contribution is 5.33. The van der Waals surface area contributed by atoms with Gasteiger partial charge in [0.2, 0.25) is 0 Å². The van der Waals surface area contributed by atoms with Crippen LogP contribution in [0.4, 0.5) is 0 Å². The summed E-state index contributed by atoms with van der Waals surface area (Å²) in [5.74, 6) is 0. The number of fused-ring (bicyclic) bond motifs is 2. The minimum Gasteiger partial charge on any atom is -0.359 e. The normalized spacial score (nSPS) is 30.5. The van der Waals surface area contributed by atoms with E-state index in [4.69, 9.17) is 4.74 Å². The zero-order valence-corrected chi connectivity index (χ0v) is 13.6. The Hall–Kier alpha value is -1.60. The van der Waals surface area contributed by atoms with Crippen LogP contribution in [0.5, 0.6) is 0 Å². The zero-order valence-electron chi connectivity index (χ0n) is 13.6. The second kappa shape index (κ2) is 4.96. The van der Waals surface area contributed by atoms with Gasteiger partial charge in [-0.15, -0.1) is 0 Å². The van der Waals surface area contributed by atoms with E-state index in [9.17, 15) is 0 Å². The van der Waals surface area contributed by atoms with Crippen molar-refractivity contribution in [1.29, 1.82) is 0 Å². The molecule has 1 heteroatoms. The van der Waals surface area contributed by atoms with Gasteiger partial charge >= 0.3 is 0 Å². The second-order valence-corrected chi connectivity index (χ2v) is 7.18. The van der Waals surface area contributed by atoms with Crippen molar-refractivity contribution in [2.75, 3.05) is 0 Å². The van der Waals surface area contributed by atoms with Gasteiger partial charge in [-0.25, -0.2) is 0 Å². The van der Waals surface area contributed by atoms with Crippen molar-refractivity contribution in [2.24, 2.45) is 0 Å². The van der Waals surface area contributed by atoms with Crippen molar-refractivity contribution in [3.63, 3.8) is 0 Å². The third kappa shape index (κ3) is 2.11. The van der Waals surface area contributed by atoms with E-state index in [-0.39, 0.29) is 11.2 Å². The standard InChI is InChI=1S/C21H24O/c1-16-4-8-18(9-5-16)20-12-3-13-21(22-20,15-14-20)19-10-6-17(2)7-11-19/h4-11H,3,12-15H2,1-2H3/t20-,21+. The van der Waals surface area contributed by atoms with Crippen LogP contribution in [-0.2, 0) is 15.9 Å². The lowest BCUT2D eigenvalue weighted by atomic mass is 9.84. The molecule has 2 saturated heterocycles. The first-order valence-electron chi connectivity index (χ1n) is 8.47. The van der Waals surface area contributed by atoms with Crippen LogP contribution in [0, 0.1) is 13.8 Å². The molecule has 0 radical (unpaired) electrons. The molecular formula is C21H24O. The third-order valence-corrected chi connectivity index (χ3v) is 5.64. The molecule has 0 unspecified atom stereocenters. The quantitative estimate of drug-likeness (QED) is 0.721. The van der Waals surface area contributed by atoms with E-state index < -0.39 is 0 Å². The maximum absolute atomic E-state index is 6.82. The van der Waals surface area contributed by atoms with Crippen LogP contribution in [-0.4, -0.2) is 0 Å². The molecule has 22 heavy (non-hydrogen) atoms. The van der Waals surface area contributed by atoms with Crippen LogP contribution in [0.15, 0.2) is 48.5 Å². The molecule has 2 aromatic carbocycles. The molecular weight excluding hydrogens is 268 g/mol. The van der Waals surface area contributed by atoms with Crippen LogP contribution in [0.25, 0.3) is 0 Å². The smallest absolute Gasteiger partial charge is 0.0944 e. The van der Waals surface area contributed by atoms with Crippen molar-refractivity contribution in [1.82, 2.24) is 0 Å². The Morgan fingerprint density at radius 1 is 0.636 bits per heavy atom. The van der Waals surface area contributed by atoms with Gasteiger partial charge in [0.15, 0.2) is 0 Å². The Bertz CT molecular complexity index is 611. The molecule has 0 aliphatic carbocycles. The molecule has 0 spiro atoms. The SMILES string of the molecule is Cc1ccc([C@@]23CCC[C@@](c4ccc(C)cc4)(CC2)O3)cc1. The fourth-order valence-electron chi connectivity index (χ4n) is 4.30. The minimum atomic E-state index is -0.0587. The molecule has 0 aromatic heterocycles. The van der Waals surface area contributed by atoms with E-state index in [0.29, 0.717) is 0 Å². The van der Waals surface area contributed by atoms with E-state index in [1.165, 1.54) is 28.7 Å². The summed E-state index contributed by atoms with van der Waals surface area (Å²) in [7, 11) is 0. The highest BCUT2D eigenvalue weighted by Gasteiger charge is 2.53. The van der Waals surface area contributed by atoms with Crippen LogP contribution >= 0.6 is 0 Å². The van der Waals surface area contributed by atoms with Crippen LogP contribution in [0.1, 0.15) is 54.4 Å². The fourth-order valence-corrected chi connectivity index (χ4v) is 4.30. The summed E-state index contributed by atoms with van der Waals surface area (Å²) in [6.45, 7) is 4.29. The van der Waals surface area contributed by atoms with Crippen molar-refractivity contribution in [2.45, 2.75) is 57.2 Å². The topological polar surface area (TPSA) is 9.23 Å². The average Bonchev–Trinajstić information content (AvgIpc) is 2.81. The number of rotatable bonds is 2. The summed E-state index contributed by atoms with van der Waals surface area (Å²) in [6.07, 6.45) is 5.85. The minimum absolute atomic E-state index is 0.0587. The predicted octanol–water partition coefficient (Wildman–Crippen LogP) is 5.39. The Kier molecular flexibility index (Phi) is 3.16. The van der Waals surface area contributed by atoms with Gasteiger partial charge in [-0.1, -0.05) is 59.7 Å². The van der Waals surface area contributed by atoms with Gasteiger partial charge < -0.3 is 4.74 Å². The molecule has 2 bridgehead atoms. The first-order valence-corrected chi connectivity index (χ1v) is 8.47. The Labute approximate surface area is 133 Å². The van der Waals surface area contributed by atoms with E-state index in [2.05, 4.69) is 62.4 Å². The van der Waals surface area contributed by atoms with E-state index in [1.54, 1.807) is 0 Å². The molecule has 2 aliphatic heterocycles. The summed E-state index contributed by atoms with van der Waals surface area (Å²) < 4.78 is 6.82. The summed E-state index contributed by atoms with van der Waals surface area (Å²) in [5, 5.41) is 0. The molecule has 114 valence electrons. The molecule has 2 fully saturated rings. The lowest BCUT2D eigenvalue weighted by Gasteiger charge is -2.41. The molecule has 2 heterocycles. The van der Waals surface area contributed by atoms with Gasteiger partial charge in [-0.05, 0) is 57.1 Å². The van der Waals surface area contributed by atoms with E-state index >= 15 is 0 Å². The van der Waals surface area contributed by atoms with Gasteiger partial charge in [-0.2, -0.15) is 0 Å². The number of ether oxygens (including phenoxy) is 1. The monoisotopic (exact) mass is 292 g/mol. The Balaban J connectivity index is 1.71. The summed E-state index contributed by atoms with van der Waals surface area (Å²) in [5.41, 5.74) is 5.25. The number of aryl methyl sites for hydroxylation is 2. The Morgan fingerprint density at radius 3 is 1.45 bits per heavy atom. The van der Waals surface area contributed by atoms with Gasteiger partial charge in [-0.3, -0.25) is 0 Å². The first-order chi connectivity index (χ1) is 10.6. The lowest BCUT2D eigenvalue weighted by molar-refractivity contribution is -0.149. The summed E-state index contributed by atoms with van der Waals surface area (Å²) >= 11 is 0. The molecule has 2 aliphatic rings. The molecule has 1 nitrogen and oxygen atoms in total. The zero-order chi connectivity index (χ0) is 15.2. The number of benzene rings is 2. The van der Waals surface area contributed by atoms with Crippen molar-refractivity contribution in [3.05, 3.63) is 70.8 Å². The molecule has 2 atom stereocenters. The molecule has 4 rings (SSSR count). The molecule has 0 amide bonds. The molecule has 0 N–H and O–H groups in total. The van der Waals surface area contributed by atoms with E-state index in [1.807, 2.05) is 0 Å². The number of hydrogen-bond acceptors (Lipinski definition) is 1. The van der Waals surface area contributed by atoms with Crippen molar-refractivity contribution in [3.8, 4) is 0 Å². The van der Waals surface area contributed by atoms with Gasteiger partial charge in [0.05, 0.1) is 11.2 Å². The fraction of sp³-hybridized carbons (Fsp3) is 0.429. The highest BCUT2D eigenvalue weighted by Crippen LogP contribution is 2.57. The summed E-state index contributed by atoms with van der Waals surface area (Å²) in [6, 6.07) is 17.9. The summed E-state index contributed by atoms with van der Waals surface area (Å²) in [4.78, 5) is 0. The van der Waals surface area contributed by atoms with Crippen LogP contribution < -0.4 is 0 Å². The second-order valence-electron chi connectivity index (χ2n) is 7.18. The van der Waals surface area contributed by atoms with Crippen LogP contribution in [0.3, 0.4) is 0 Å². The van der Waals surface area contributed by atoms with Crippen molar-refractivity contribution < 1.29 is 4.74 Å². The highest BCUT2D eigenvalue weighted by atomic mass is 16.5. The average molecular weight is 292 g/mol. The maximum Gasteiger partial charge on any atom is 0.0944 e. The van der Waals surface area contributed by atoms with E-state index in [0.717, 1.165) is 25.7 Å². The first kappa shape index (κ1) is 14.0. The van der Waals surface area contributed by atoms with Crippen LogP contribution in [0.2, 0.25) is 0 Å². The molecule has 0 saturated carbocycles. The largest absolute Gasteiger partial charge is 0.359 e. The lowest BCUT2D eigenvalue weighted by Crippen LogP contribution is -2.36. The third-order valence-electron chi connectivity index (χ3n) is 5.64. The maximum atomic E-state index is 6.82. The van der Waals surface area contributed by atoms with Gasteiger partial charge in [0, 0.05) is 0 Å². The molecule has 2 aromatic rings. The Morgan fingerprint density at radius 2 is 1.05 bits per heavy atom. The van der Waals surface area contributed by atoms with Crippen molar-refractivity contribution >= 4 is 0 Å². The number of hydrogen-bond donors (Lipinski definition) is 0. The van der Waals surface area contributed by atoms with Gasteiger partial charge in [0.1, 0.15) is 0 Å².